The Morgan fingerprint density at radius 2 is 1.80 bits per heavy atom. The standard InChI is InChI=1S/C21H24N4O5/c1-14(30-21(27)15-5-10-18(22)19(13-15)25(28)29)20(26)23-16-6-8-17(9-7-16)24-11-3-2-4-12-24/h5-10,13-14H,2-4,11-12,22H2,1H3,(H,23,26)/t14-/m0/s1. The highest BCUT2D eigenvalue weighted by Gasteiger charge is 2.22. The fraction of sp³-hybridized carbons (Fsp3) is 0.333. The van der Waals surface area contributed by atoms with Crippen molar-refractivity contribution in [2.45, 2.75) is 32.3 Å². The number of nitrogen functional groups attached to an aromatic ring is 1. The van der Waals surface area contributed by atoms with Crippen molar-refractivity contribution in [3.8, 4) is 0 Å². The molecule has 9 nitrogen and oxygen atoms in total. The van der Waals surface area contributed by atoms with Crippen LogP contribution in [-0.2, 0) is 9.53 Å². The highest BCUT2D eigenvalue weighted by Crippen LogP contribution is 2.24. The van der Waals surface area contributed by atoms with Crippen LogP contribution in [0.15, 0.2) is 42.5 Å². The second-order valence-corrected chi connectivity index (χ2v) is 7.16. The van der Waals surface area contributed by atoms with E-state index < -0.39 is 28.6 Å². The van der Waals surface area contributed by atoms with Gasteiger partial charge in [0.25, 0.3) is 11.6 Å². The smallest absolute Gasteiger partial charge is 0.339 e. The maximum atomic E-state index is 12.4. The minimum atomic E-state index is -1.09. The van der Waals surface area contributed by atoms with Gasteiger partial charge in [-0.15, -0.1) is 0 Å². The lowest BCUT2D eigenvalue weighted by Gasteiger charge is -2.28. The lowest BCUT2D eigenvalue weighted by atomic mass is 10.1. The highest BCUT2D eigenvalue weighted by molar-refractivity contribution is 5.97. The molecule has 0 saturated carbocycles. The van der Waals surface area contributed by atoms with Gasteiger partial charge >= 0.3 is 5.97 Å². The van der Waals surface area contributed by atoms with E-state index in [1.165, 1.54) is 38.3 Å². The molecule has 1 aliphatic rings. The molecule has 0 unspecified atom stereocenters. The summed E-state index contributed by atoms with van der Waals surface area (Å²) in [4.78, 5) is 37.2. The number of nitrogens with two attached hydrogens (primary N) is 1. The maximum Gasteiger partial charge on any atom is 0.339 e. The monoisotopic (exact) mass is 412 g/mol. The topological polar surface area (TPSA) is 128 Å². The number of anilines is 3. The third-order valence-electron chi connectivity index (χ3n) is 4.97. The molecule has 0 bridgehead atoms. The van der Waals surface area contributed by atoms with Crippen molar-refractivity contribution in [3.63, 3.8) is 0 Å². The van der Waals surface area contributed by atoms with Crippen LogP contribution in [-0.4, -0.2) is 36.0 Å². The second kappa shape index (κ2) is 9.25. The number of esters is 1. The number of piperidine rings is 1. The van der Waals surface area contributed by atoms with Gasteiger partial charge in [-0.1, -0.05) is 0 Å². The number of nitro benzene ring substituents is 1. The first-order chi connectivity index (χ1) is 14.3. The quantitative estimate of drug-likeness (QED) is 0.322. The van der Waals surface area contributed by atoms with Gasteiger partial charge in [0.05, 0.1) is 10.5 Å². The fourth-order valence-electron chi connectivity index (χ4n) is 3.26. The Morgan fingerprint density at radius 3 is 2.43 bits per heavy atom. The van der Waals surface area contributed by atoms with Crippen LogP contribution in [0.3, 0.4) is 0 Å². The van der Waals surface area contributed by atoms with Crippen LogP contribution in [0.1, 0.15) is 36.5 Å². The lowest BCUT2D eigenvalue weighted by Crippen LogP contribution is -2.30. The molecule has 3 N–H and O–H groups in total. The van der Waals surface area contributed by atoms with Crippen molar-refractivity contribution in [3.05, 3.63) is 58.1 Å². The molecule has 1 amide bonds. The molecule has 0 aromatic heterocycles. The van der Waals surface area contributed by atoms with Crippen LogP contribution in [0.5, 0.6) is 0 Å². The minimum absolute atomic E-state index is 0.0542. The Morgan fingerprint density at radius 1 is 1.13 bits per heavy atom. The zero-order valence-electron chi connectivity index (χ0n) is 16.7. The van der Waals surface area contributed by atoms with Crippen molar-refractivity contribution in [1.82, 2.24) is 0 Å². The highest BCUT2D eigenvalue weighted by atomic mass is 16.6. The number of rotatable bonds is 6. The molecular weight excluding hydrogens is 388 g/mol. The number of nitrogens with one attached hydrogen (secondary N) is 1. The summed E-state index contributed by atoms with van der Waals surface area (Å²) in [6, 6.07) is 11.1. The van der Waals surface area contributed by atoms with Gasteiger partial charge < -0.3 is 20.7 Å². The molecule has 158 valence electrons. The largest absolute Gasteiger partial charge is 0.449 e. The molecule has 3 rings (SSSR count). The van der Waals surface area contributed by atoms with Crippen molar-refractivity contribution in [1.29, 1.82) is 0 Å². The Bertz CT molecular complexity index is 939. The van der Waals surface area contributed by atoms with Gasteiger partial charge in [0.1, 0.15) is 5.69 Å². The summed E-state index contributed by atoms with van der Waals surface area (Å²) >= 11 is 0. The first kappa shape index (κ1) is 21.1. The first-order valence-corrected chi connectivity index (χ1v) is 9.76. The van der Waals surface area contributed by atoms with E-state index in [1.54, 1.807) is 12.1 Å². The Balaban J connectivity index is 1.58. The number of amides is 1. The van der Waals surface area contributed by atoms with E-state index in [2.05, 4.69) is 10.2 Å². The Labute approximate surface area is 174 Å². The third-order valence-corrected chi connectivity index (χ3v) is 4.97. The predicted molar refractivity (Wildman–Crippen MR) is 114 cm³/mol. The minimum Gasteiger partial charge on any atom is -0.449 e. The Kier molecular flexibility index (Phi) is 6.51. The number of carbonyl (C=O) groups is 2. The van der Waals surface area contributed by atoms with E-state index in [0.717, 1.165) is 24.8 Å². The molecule has 1 fully saturated rings. The van der Waals surface area contributed by atoms with Crippen molar-refractivity contribution >= 4 is 34.6 Å². The van der Waals surface area contributed by atoms with Crippen LogP contribution >= 0.6 is 0 Å². The van der Waals surface area contributed by atoms with Gasteiger partial charge in [-0.05, 0) is 62.6 Å². The van der Waals surface area contributed by atoms with E-state index in [-0.39, 0.29) is 11.3 Å². The Hall–Kier alpha value is -3.62. The van der Waals surface area contributed by atoms with Crippen LogP contribution in [0.4, 0.5) is 22.7 Å². The summed E-state index contributed by atoms with van der Waals surface area (Å²) in [5.41, 5.74) is 6.71. The molecule has 2 aromatic rings. The zero-order valence-corrected chi connectivity index (χ0v) is 16.7. The molecule has 9 heteroatoms. The summed E-state index contributed by atoms with van der Waals surface area (Å²) in [7, 11) is 0. The number of carbonyl (C=O) groups excluding carboxylic acids is 2. The summed E-state index contributed by atoms with van der Waals surface area (Å²) in [6.07, 6.45) is 2.53. The number of nitro groups is 1. The van der Waals surface area contributed by atoms with E-state index in [4.69, 9.17) is 10.5 Å². The SMILES string of the molecule is C[C@H](OC(=O)c1ccc(N)c([N+](=O)[O-])c1)C(=O)Nc1ccc(N2CCCCC2)cc1. The number of nitrogens with zero attached hydrogens (tertiary/aromatic N) is 2. The van der Waals surface area contributed by atoms with Gasteiger partial charge in [-0.2, -0.15) is 0 Å². The maximum absolute atomic E-state index is 12.4. The average Bonchev–Trinajstić information content (AvgIpc) is 2.74. The van der Waals surface area contributed by atoms with Crippen molar-refractivity contribution in [2.24, 2.45) is 0 Å². The van der Waals surface area contributed by atoms with E-state index in [0.29, 0.717) is 5.69 Å². The van der Waals surface area contributed by atoms with Crippen LogP contribution in [0.25, 0.3) is 0 Å². The predicted octanol–water partition coefficient (Wildman–Crippen LogP) is 3.35. The third kappa shape index (κ3) is 5.05. The second-order valence-electron chi connectivity index (χ2n) is 7.16. The number of hydrogen-bond acceptors (Lipinski definition) is 7. The van der Waals surface area contributed by atoms with E-state index in [9.17, 15) is 19.7 Å². The fourth-order valence-corrected chi connectivity index (χ4v) is 3.26. The molecule has 1 heterocycles. The van der Waals surface area contributed by atoms with Crippen LogP contribution in [0, 0.1) is 10.1 Å². The van der Waals surface area contributed by atoms with Gasteiger partial charge in [0.2, 0.25) is 0 Å². The van der Waals surface area contributed by atoms with Gasteiger partial charge in [0.15, 0.2) is 6.10 Å². The first-order valence-electron chi connectivity index (χ1n) is 9.76. The average molecular weight is 412 g/mol. The molecular formula is C21H24N4O5. The lowest BCUT2D eigenvalue weighted by molar-refractivity contribution is -0.383. The van der Waals surface area contributed by atoms with Gasteiger partial charge in [0, 0.05) is 30.5 Å². The van der Waals surface area contributed by atoms with E-state index in [1.807, 2.05) is 12.1 Å². The molecule has 1 atom stereocenters. The number of hydrogen-bond donors (Lipinski definition) is 2. The molecule has 30 heavy (non-hydrogen) atoms. The number of benzene rings is 2. The normalized spacial score (nSPS) is 14.6. The number of ether oxygens (including phenoxy) is 1. The van der Waals surface area contributed by atoms with Crippen LogP contribution in [0.2, 0.25) is 0 Å². The molecule has 1 saturated heterocycles. The molecule has 0 radical (unpaired) electrons. The molecule has 2 aromatic carbocycles. The summed E-state index contributed by atoms with van der Waals surface area (Å²) < 4.78 is 5.14. The summed E-state index contributed by atoms with van der Waals surface area (Å²) in [5, 5.41) is 13.7. The molecule has 0 spiro atoms. The van der Waals surface area contributed by atoms with Crippen molar-refractivity contribution in [2.75, 3.05) is 29.0 Å². The molecule has 0 aliphatic carbocycles. The van der Waals surface area contributed by atoms with Crippen LogP contribution < -0.4 is 16.0 Å². The summed E-state index contributed by atoms with van der Waals surface area (Å²) in [5.74, 6) is -1.35. The van der Waals surface area contributed by atoms with Gasteiger partial charge in [-0.3, -0.25) is 14.9 Å². The van der Waals surface area contributed by atoms with E-state index >= 15 is 0 Å². The van der Waals surface area contributed by atoms with Gasteiger partial charge in [-0.25, -0.2) is 4.79 Å². The van der Waals surface area contributed by atoms with Crippen molar-refractivity contribution < 1.29 is 19.2 Å². The molecule has 1 aliphatic heterocycles. The zero-order chi connectivity index (χ0) is 21.7. The summed E-state index contributed by atoms with van der Waals surface area (Å²) in [6.45, 7) is 3.49.